The molecule has 0 radical (unpaired) electrons. The number of rotatable bonds is 7. The number of nitrogens with one attached hydrogen (secondary N) is 2. The molecule has 2 atom stereocenters. The number of methoxy groups -OCH3 is 3. The molecule has 2 aliphatic rings. The van der Waals surface area contributed by atoms with Crippen LogP contribution in [0.2, 0.25) is 0 Å². The summed E-state index contributed by atoms with van der Waals surface area (Å²) in [5, 5.41) is 15.0. The van der Waals surface area contributed by atoms with Gasteiger partial charge in [-0.3, -0.25) is 9.59 Å². The largest absolute Gasteiger partial charge is 0.493 e. The standard InChI is InChI=1S/C21H26N4O6/c1-12(25-19(27)21(24-20(25)28)7-5-6-8-21)18(26)23-14(11-22)13-9-15(29-2)17(31-4)16(10-13)30-3/h9-10,12,14H,5-8H2,1-4H3,(H,23,26)(H,24,28). The molecule has 1 aromatic rings. The molecule has 2 unspecified atom stereocenters. The molecule has 2 N–H and O–H groups in total. The summed E-state index contributed by atoms with van der Waals surface area (Å²) in [6, 6.07) is 2.40. The predicted molar refractivity (Wildman–Crippen MR) is 109 cm³/mol. The topological polar surface area (TPSA) is 130 Å². The van der Waals surface area contributed by atoms with Crippen molar-refractivity contribution < 1.29 is 28.6 Å². The van der Waals surface area contributed by atoms with Crippen LogP contribution in [-0.2, 0) is 9.59 Å². The third-order valence-electron chi connectivity index (χ3n) is 5.85. The van der Waals surface area contributed by atoms with Gasteiger partial charge in [0.05, 0.1) is 27.4 Å². The van der Waals surface area contributed by atoms with Crippen LogP contribution in [-0.4, -0.2) is 55.7 Å². The van der Waals surface area contributed by atoms with E-state index in [1.807, 2.05) is 6.07 Å². The first kappa shape index (κ1) is 22.2. The summed E-state index contributed by atoms with van der Waals surface area (Å²) in [6.07, 6.45) is 2.82. The second-order valence-electron chi connectivity index (χ2n) is 7.60. The van der Waals surface area contributed by atoms with Crippen LogP contribution in [0.3, 0.4) is 0 Å². The maximum atomic E-state index is 12.9. The van der Waals surface area contributed by atoms with Crippen molar-refractivity contribution in [1.82, 2.24) is 15.5 Å². The van der Waals surface area contributed by atoms with Gasteiger partial charge in [0.2, 0.25) is 11.7 Å². The molecule has 2 fully saturated rings. The highest BCUT2D eigenvalue weighted by molar-refractivity contribution is 6.10. The summed E-state index contributed by atoms with van der Waals surface area (Å²) in [5.41, 5.74) is -0.501. The average Bonchev–Trinajstić information content (AvgIpc) is 3.34. The van der Waals surface area contributed by atoms with Crippen LogP contribution in [0.5, 0.6) is 17.2 Å². The van der Waals surface area contributed by atoms with Gasteiger partial charge in [0.15, 0.2) is 11.5 Å². The molecule has 1 aromatic carbocycles. The minimum Gasteiger partial charge on any atom is -0.493 e. The number of carbonyl (C=O) groups is 3. The Hall–Kier alpha value is -3.48. The summed E-state index contributed by atoms with van der Waals surface area (Å²) in [5.74, 6) is -0.00235. The summed E-state index contributed by atoms with van der Waals surface area (Å²) in [4.78, 5) is 39.2. The van der Waals surface area contributed by atoms with E-state index in [1.165, 1.54) is 28.3 Å². The Morgan fingerprint density at radius 3 is 2.23 bits per heavy atom. The molecule has 1 heterocycles. The van der Waals surface area contributed by atoms with Crippen molar-refractivity contribution >= 4 is 17.8 Å². The molecular weight excluding hydrogens is 404 g/mol. The van der Waals surface area contributed by atoms with E-state index in [-0.39, 0.29) is 5.91 Å². The van der Waals surface area contributed by atoms with Crippen molar-refractivity contribution in [2.45, 2.75) is 50.2 Å². The van der Waals surface area contributed by atoms with E-state index in [0.29, 0.717) is 35.7 Å². The van der Waals surface area contributed by atoms with Crippen molar-refractivity contribution in [2.75, 3.05) is 21.3 Å². The van der Waals surface area contributed by atoms with Crippen molar-refractivity contribution in [1.29, 1.82) is 5.26 Å². The Balaban J connectivity index is 1.81. The maximum Gasteiger partial charge on any atom is 0.325 e. The molecule has 0 aromatic heterocycles. The molecule has 1 aliphatic heterocycles. The maximum absolute atomic E-state index is 12.9. The van der Waals surface area contributed by atoms with E-state index in [4.69, 9.17) is 14.2 Å². The lowest BCUT2D eigenvalue weighted by atomic mass is 9.97. The van der Waals surface area contributed by atoms with Gasteiger partial charge >= 0.3 is 6.03 Å². The first-order valence-corrected chi connectivity index (χ1v) is 9.97. The number of ether oxygens (including phenoxy) is 3. The van der Waals surface area contributed by atoms with Gasteiger partial charge in [-0.1, -0.05) is 12.8 Å². The quantitative estimate of drug-likeness (QED) is 0.629. The number of imide groups is 1. The zero-order valence-electron chi connectivity index (χ0n) is 18.0. The summed E-state index contributed by atoms with van der Waals surface area (Å²) < 4.78 is 15.9. The number of amides is 4. The van der Waals surface area contributed by atoms with Crippen LogP contribution in [0.4, 0.5) is 4.79 Å². The zero-order chi connectivity index (χ0) is 22.8. The molecule has 0 bridgehead atoms. The average molecular weight is 430 g/mol. The Labute approximate surface area is 180 Å². The molecule has 31 heavy (non-hydrogen) atoms. The van der Waals surface area contributed by atoms with E-state index < -0.39 is 29.6 Å². The fourth-order valence-corrected chi connectivity index (χ4v) is 4.15. The lowest BCUT2D eigenvalue weighted by molar-refractivity contribution is -0.138. The fraction of sp³-hybridized carbons (Fsp3) is 0.524. The number of hydrogen-bond acceptors (Lipinski definition) is 7. The van der Waals surface area contributed by atoms with Gasteiger partial charge < -0.3 is 24.8 Å². The molecule has 1 saturated carbocycles. The summed E-state index contributed by atoms with van der Waals surface area (Å²) >= 11 is 0. The number of hydrogen-bond donors (Lipinski definition) is 2. The molecule has 1 saturated heterocycles. The minimum atomic E-state index is -1.08. The van der Waals surface area contributed by atoms with Gasteiger partial charge in [-0.15, -0.1) is 0 Å². The van der Waals surface area contributed by atoms with Crippen LogP contribution >= 0.6 is 0 Å². The molecule has 1 spiro atoms. The SMILES string of the molecule is COc1cc(C(C#N)NC(=O)C(C)N2C(=O)NC3(CCCC3)C2=O)cc(OC)c1OC. The van der Waals surface area contributed by atoms with E-state index >= 15 is 0 Å². The number of urea groups is 1. The highest BCUT2D eigenvalue weighted by Crippen LogP contribution is 2.40. The van der Waals surface area contributed by atoms with Crippen molar-refractivity contribution in [3.8, 4) is 23.3 Å². The Bertz CT molecular complexity index is 909. The van der Waals surface area contributed by atoms with Crippen LogP contribution in [0, 0.1) is 11.3 Å². The zero-order valence-corrected chi connectivity index (χ0v) is 18.0. The van der Waals surface area contributed by atoms with Gasteiger partial charge in [0.25, 0.3) is 5.91 Å². The lowest BCUT2D eigenvalue weighted by Gasteiger charge is -2.24. The fourth-order valence-electron chi connectivity index (χ4n) is 4.15. The van der Waals surface area contributed by atoms with E-state index in [0.717, 1.165) is 17.7 Å². The van der Waals surface area contributed by atoms with Crippen molar-refractivity contribution in [3.63, 3.8) is 0 Å². The molecule has 10 heteroatoms. The van der Waals surface area contributed by atoms with Crippen LogP contribution in [0.25, 0.3) is 0 Å². The molecule has 3 rings (SSSR count). The van der Waals surface area contributed by atoms with Crippen molar-refractivity contribution in [2.24, 2.45) is 0 Å². The highest BCUT2D eigenvalue weighted by Gasteiger charge is 2.54. The lowest BCUT2D eigenvalue weighted by Crippen LogP contribution is -2.50. The first-order chi connectivity index (χ1) is 14.8. The molecular formula is C21H26N4O6. The second-order valence-corrected chi connectivity index (χ2v) is 7.60. The first-order valence-electron chi connectivity index (χ1n) is 9.97. The molecule has 1 aliphatic carbocycles. The van der Waals surface area contributed by atoms with Gasteiger partial charge in [0, 0.05) is 0 Å². The highest BCUT2D eigenvalue weighted by atomic mass is 16.5. The normalized spacial score (nSPS) is 18.9. The third-order valence-corrected chi connectivity index (χ3v) is 5.85. The monoisotopic (exact) mass is 430 g/mol. The Morgan fingerprint density at radius 1 is 1.16 bits per heavy atom. The number of carbonyl (C=O) groups excluding carboxylic acids is 3. The van der Waals surface area contributed by atoms with Gasteiger partial charge in [-0.25, -0.2) is 9.69 Å². The van der Waals surface area contributed by atoms with E-state index in [9.17, 15) is 19.6 Å². The van der Waals surface area contributed by atoms with Gasteiger partial charge in [-0.05, 0) is 37.5 Å². The number of benzene rings is 1. The smallest absolute Gasteiger partial charge is 0.325 e. The molecule has 4 amide bonds. The molecule has 10 nitrogen and oxygen atoms in total. The third kappa shape index (κ3) is 3.83. The second kappa shape index (κ2) is 8.71. The van der Waals surface area contributed by atoms with Crippen LogP contribution < -0.4 is 24.8 Å². The Morgan fingerprint density at radius 2 is 1.74 bits per heavy atom. The van der Waals surface area contributed by atoms with Gasteiger partial charge in [0.1, 0.15) is 17.6 Å². The summed E-state index contributed by atoms with van der Waals surface area (Å²) in [6.45, 7) is 1.46. The number of nitrogens with zero attached hydrogens (tertiary/aromatic N) is 2. The Kier molecular flexibility index (Phi) is 6.24. The van der Waals surface area contributed by atoms with E-state index in [1.54, 1.807) is 12.1 Å². The van der Waals surface area contributed by atoms with E-state index in [2.05, 4.69) is 10.6 Å². The van der Waals surface area contributed by atoms with Crippen LogP contribution in [0.15, 0.2) is 12.1 Å². The summed E-state index contributed by atoms with van der Waals surface area (Å²) in [7, 11) is 4.35. The van der Waals surface area contributed by atoms with Crippen LogP contribution in [0.1, 0.15) is 44.2 Å². The molecule has 166 valence electrons. The minimum absolute atomic E-state index is 0.330. The van der Waals surface area contributed by atoms with Gasteiger partial charge in [-0.2, -0.15) is 5.26 Å². The van der Waals surface area contributed by atoms with Crippen molar-refractivity contribution in [3.05, 3.63) is 17.7 Å². The number of nitriles is 1. The predicted octanol–water partition coefficient (Wildman–Crippen LogP) is 1.65.